The van der Waals surface area contributed by atoms with Crippen molar-refractivity contribution in [2.45, 2.75) is 39.1 Å². The van der Waals surface area contributed by atoms with Crippen LogP contribution in [-0.4, -0.2) is 12.7 Å². The van der Waals surface area contributed by atoms with E-state index in [1.807, 2.05) is 12.1 Å². The average Bonchev–Trinajstić information content (AvgIpc) is 2.41. The molecule has 0 spiro atoms. The first-order valence-electron chi connectivity index (χ1n) is 6.51. The van der Waals surface area contributed by atoms with E-state index in [2.05, 4.69) is 19.9 Å². The molecule has 1 saturated heterocycles. The number of nitriles is 1. The minimum atomic E-state index is -0.291. The van der Waals surface area contributed by atoms with E-state index in [1.54, 1.807) is 12.1 Å². The molecule has 1 aromatic rings. The Labute approximate surface area is 108 Å². The molecule has 1 fully saturated rings. The predicted octanol–water partition coefficient (Wildman–Crippen LogP) is 3.41. The molecule has 0 radical (unpaired) electrons. The van der Waals surface area contributed by atoms with E-state index in [1.165, 1.54) is 0 Å². The summed E-state index contributed by atoms with van der Waals surface area (Å²) in [6.07, 6.45) is 2.23. The molecule has 3 unspecified atom stereocenters. The number of nitrogens with zero attached hydrogens (tertiary/aromatic N) is 1. The Balaban J connectivity index is 2.01. The Hall–Kier alpha value is -1.37. The Morgan fingerprint density at radius 3 is 2.61 bits per heavy atom. The standard InChI is InChI=1S/C15H19NO2/c1-3-4-14-10-17-15(18-11(14)2)13-7-5-12(9-16)6-8-13/h5-8,11,14-15H,3-4,10H2,1-2H3. The molecule has 0 aliphatic carbocycles. The van der Waals surface area contributed by atoms with Gasteiger partial charge in [0, 0.05) is 11.5 Å². The number of ether oxygens (including phenoxy) is 2. The molecule has 96 valence electrons. The van der Waals surface area contributed by atoms with Gasteiger partial charge in [-0.2, -0.15) is 5.26 Å². The number of hydrogen-bond donors (Lipinski definition) is 0. The number of rotatable bonds is 3. The SMILES string of the molecule is CCCC1COC(c2ccc(C#N)cc2)OC1C. The molecule has 3 atom stereocenters. The Kier molecular flexibility index (Phi) is 4.35. The molecule has 0 amide bonds. The average molecular weight is 245 g/mol. The fourth-order valence-electron chi connectivity index (χ4n) is 2.27. The largest absolute Gasteiger partial charge is 0.348 e. The van der Waals surface area contributed by atoms with Gasteiger partial charge in [0.2, 0.25) is 0 Å². The predicted molar refractivity (Wildman–Crippen MR) is 68.8 cm³/mol. The van der Waals surface area contributed by atoms with Crippen LogP contribution in [0, 0.1) is 17.2 Å². The van der Waals surface area contributed by atoms with Crippen LogP contribution in [-0.2, 0) is 9.47 Å². The highest BCUT2D eigenvalue weighted by Gasteiger charge is 2.28. The molecule has 1 aliphatic rings. The van der Waals surface area contributed by atoms with Gasteiger partial charge in [0.05, 0.1) is 24.3 Å². The zero-order valence-corrected chi connectivity index (χ0v) is 10.9. The summed E-state index contributed by atoms with van der Waals surface area (Å²) in [6.45, 7) is 5.04. The number of benzene rings is 1. The highest BCUT2D eigenvalue weighted by molar-refractivity contribution is 5.32. The molecule has 3 nitrogen and oxygen atoms in total. The highest BCUT2D eigenvalue weighted by Crippen LogP contribution is 2.31. The smallest absolute Gasteiger partial charge is 0.184 e. The first kappa shape index (κ1) is 13.1. The van der Waals surface area contributed by atoms with E-state index in [-0.39, 0.29) is 12.4 Å². The fourth-order valence-corrected chi connectivity index (χ4v) is 2.27. The van der Waals surface area contributed by atoms with Crippen LogP contribution in [0.15, 0.2) is 24.3 Å². The van der Waals surface area contributed by atoms with Crippen LogP contribution in [0.5, 0.6) is 0 Å². The first-order chi connectivity index (χ1) is 8.74. The highest BCUT2D eigenvalue weighted by atomic mass is 16.7. The minimum Gasteiger partial charge on any atom is -0.348 e. The maximum absolute atomic E-state index is 8.76. The lowest BCUT2D eigenvalue weighted by atomic mass is 9.98. The summed E-state index contributed by atoms with van der Waals surface area (Å²) in [6, 6.07) is 9.50. The van der Waals surface area contributed by atoms with Crippen molar-refractivity contribution in [3.63, 3.8) is 0 Å². The molecule has 1 aliphatic heterocycles. The Bertz CT molecular complexity index is 421. The molecule has 3 heteroatoms. The minimum absolute atomic E-state index is 0.222. The van der Waals surface area contributed by atoms with Gasteiger partial charge >= 0.3 is 0 Å². The van der Waals surface area contributed by atoms with Gasteiger partial charge in [-0.25, -0.2) is 0 Å². The molecule has 18 heavy (non-hydrogen) atoms. The van der Waals surface area contributed by atoms with Crippen LogP contribution >= 0.6 is 0 Å². The van der Waals surface area contributed by atoms with Crippen molar-refractivity contribution in [3.8, 4) is 6.07 Å². The van der Waals surface area contributed by atoms with Gasteiger partial charge in [0.25, 0.3) is 0 Å². The Morgan fingerprint density at radius 2 is 2.06 bits per heavy atom. The van der Waals surface area contributed by atoms with Crippen LogP contribution < -0.4 is 0 Å². The van der Waals surface area contributed by atoms with Crippen LogP contribution in [0.1, 0.15) is 44.1 Å². The summed E-state index contributed by atoms with van der Waals surface area (Å²) >= 11 is 0. The normalized spacial score (nSPS) is 27.7. The van der Waals surface area contributed by atoms with Crippen molar-refractivity contribution in [1.29, 1.82) is 5.26 Å². The van der Waals surface area contributed by atoms with Gasteiger partial charge < -0.3 is 9.47 Å². The maximum Gasteiger partial charge on any atom is 0.184 e. The van der Waals surface area contributed by atoms with Gasteiger partial charge in [0.1, 0.15) is 0 Å². The van der Waals surface area contributed by atoms with E-state index >= 15 is 0 Å². The van der Waals surface area contributed by atoms with Crippen molar-refractivity contribution in [1.82, 2.24) is 0 Å². The van der Waals surface area contributed by atoms with E-state index in [4.69, 9.17) is 14.7 Å². The van der Waals surface area contributed by atoms with Gasteiger partial charge in [-0.15, -0.1) is 0 Å². The third-order valence-corrected chi connectivity index (χ3v) is 3.44. The molecule has 0 N–H and O–H groups in total. The second-order valence-electron chi connectivity index (χ2n) is 4.79. The fraction of sp³-hybridized carbons (Fsp3) is 0.533. The van der Waals surface area contributed by atoms with Gasteiger partial charge in [-0.3, -0.25) is 0 Å². The Morgan fingerprint density at radius 1 is 1.33 bits per heavy atom. The molecular formula is C15H19NO2. The lowest BCUT2D eigenvalue weighted by Gasteiger charge is -2.34. The van der Waals surface area contributed by atoms with Crippen LogP contribution in [0.3, 0.4) is 0 Å². The van der Waals surface area contributed by atoms with E-state index in [9.17, 15) is 0 Å². The summed E-state index contributed by atoms with van der Waals surface area (Å²) in [4.78, 5) is 0. The molecule has 0 bridgehead atoms. The van der Waals surface area contributed by atoms with Crippen molar-refractivity contribution in [2.75, 3.05) is 6.61 Å². The van der Waals surface area contributed by atoms with Crippen molar-refractivity contribution in [2.24, 2.45) is 5.92 Å². The lowest BCUT2D eigenvalue weighted by Crippen LogP contribution is -2.34. The summed E-state index contributed by atoms with van der Waals surface area (Å²) in [5.41, 5.74) is 1.64. The van der Waals surface area contributed by atoms with Crippen LogP contribution in [0.2, 0.25) is 0 Å². The molecule has 2 rings (SSSR count). The van der Waals surface area contributed by atoms with Crippen molar-refractivity contribution in [3.05, 3.63) is 35.4 Å². The molecule has 0 saturated carbocycles. The van der Waals surface area contributed by atoms with E-state index < -0.39 is 0 Å². The van der Waals surface area contributed by atoms with Crippen LogP contribution in [0.25, 0.3) is 0 Å². The maximum atomic E-state index is 8.76. The van der Waals surface area contributed by atoms with Gasteiger partial charge in [-0.05, 0) is 25.5 Å². The van der Waals surface area contributed by atoms with E-state index in [0.717, 1.165) is 25.0 Å². The quantitative estimate of drug-likeness (QED) is 0.819. The summed E-state index contributed by atoms with van der Waals surface area (Å²) in [5, 5.41) is 8.76. The second kappa shape index (κ2) is 5.99. The zero-order valence-electron chi connectivity index (χ0n) is 10.9. The van der Waals surface area contributed by atoms with Gasteiger partial charge in [-0.1, -0.05) is 25.5 Å². The monoisotopic (exact) mass is 245 g/mol. The zero-order chi connectivity index (χ0) is 13.0. The van der Waals surface area contributed by atoms with Crippen molar-refractivity contribution >= 4 is 0 Å². The molecule has 1 aromatic carbocycles. The van der Waals surface area contributed by atoms with E-state index in [0.29, 0.717) is 11.5 Å². The second-order valence-corrected chi connectivity index (χ2v) is 4.79. The number of hydrogen-bond acceptors (Lipinski definition) is 3. The lowest BCUT2D eigenvalue weighted by molar-refractivity contribution is -0.237. The topological polar surface area (TPSA) is 42.2 Å². The first-order valence-corrected chi connectivity index (χ1v) is 6.51. The third-order valence-electron chi connectivity index (χ3n) is 3.44. The van der Waals surface area contributed by atoms with Crippen LogP contribution in [0.4, 0.5) is 0 Å². The molecular weight excluding hydrogens is 226 g/mol. The third kappa shape index (κ3) is 2.90. The summed E-state index contributed by atoms with van der Waals surface area (Å²) in [5.74, 6) is 0.490. The summed E-state index contributed by atoms with van der Waals surface area (Å²) < 4.78 is 11.7. The van der Waals surface area contributed by atoms with Gasteiger partial charge in [0.15, 0.2) is 6.29 Å². The molecule has 0 aromatic heterocycles. The molecule has 1 heterocycles. The summed E-state index contributed by atoms with van der Waals surface area (Å²) in [7, 11) is 0. The van der Waals surface area contributed by atoms with Crippen molar-refractivity contribution < 1.29 is 9.47 Å².